The van der Waals surface area contributed by atoms with Crippen LogP contribution in [0.2, 0.25) is 0 Å². The van der Waals surface area contributed by atoms with Crippen molar-refractivity contribution in [3.63, 3.8) is 0 Å². The molecule has 4 heteroatoms. The van der Waals surface area contributed by atoms with Gasteiger partial charge in [0.1, 0.15) is 0 Å². The summed E-state index contributed by atoms with van der Waals surface area (Å²) in [6.07, 6.45) is 6.71. The number of nitriles is 4. The van der Waals surface area contributed by atoms with E-state index in [2.05, 4.69) is 0 Å². The van der Waals surface area contributed by atoms with Crippen molar-refractivity contribution in [2.45, 2.75) is 79.1 Å². The third-order valence-electron chi connectivity index (χ3n) is 1.45. The number of unbranched alkanes of at least 4 members (excludes halogenated alkanes) is 4. The van der Waals surface area contributed by atoms with E-state index >= 15 is 0 Å². The maximum absolute atomic E-state index is 7.82. The van der Waals surface area contributed by atoms with Crippen LogP contribution in [-0.4, -0.2) is 0 Å². The summed E-state index contributed by atoms with van der Waals surface area (Å²) >= 11 is 0. The Bertz CT molecular complexity index is 232. The SMILES string of the molecule is CCCC#N.CCCC#N.CCCC#N.CCCC#N. The molecule has 112 valence electrons. The van der Waals surface area contributed by atoms with Gasteiger partial charge in [-0.2, -0.15) is 21.0 Å². The fourth-order valence-corrected chi connectivity index (χ4v) is 0.447. The standard InChI is InChI=1S/4C4H7N/c4*1-2-3-4-5/h4*2-3H2,1H3. The number of hydrogen-bond acceptors (Lipinski definition) is 4. The smallest absolute Gasteiger partial charge is 0.0621 e. The number of rotatable bonds is 4. The van der Waals surface area contributed by atoms with E-state index in [4.69, 9.17) is 21.0 Å². The molecule has 0 atom stereocenters. The Labute approximate surface area is 125 Å². The first-order valence-electron chi connectivity index (χ1n) is 7.14. The Morgan fingerprint density at radius 3 is 0.600 bits per heavy atom. The summed E-state index contributed by atoms with van der Waals surface area (Å²) in [5.74, 6) is 0. The highest BCUT2D eigenvalue weighted by atomic mass is 14.2. The highest BCUT2D eigenvalue weighted by Crippen LogP contribution is 1.78. The van der Waals surface area contributed by atoms with E-state index in [9.17, 15) is 0 Å². The maximum atomic E-state index is 7.82. The van der Waals surface area contributed by atoms with Gasteiger partial charge < -0.3 is 0 Å². The third kappa shape index (κ3) is 101. The number of nitrogens with zero attached hydrogens (tertiary/aromatic N) is 4. The second kappa shape index (κ2) is 43.5. The van der Waals surface area contributed by atoms with Crippen LogP contribution >= 0.6 is 0 Å². The minimum Gasteiger partial charge on any atom is -0.198 e. The first kappa shape index (κ1) is 26.5. The molecule has 0 amide bonds. The molecule has 0 aromatic heterocycles. The molecule has 0 spiro atoms. The van der Waals surface area contributed by atoms with Gasteiger partial charge in [0.25, 0.3) is 0 Å². The van der Waals surface area contributed by atoms with Crippen LogP contribution in [-0.2, 0) is 0 Å². The summed E-state index contributed by atoms with van der Waals surface area (Å²) in [7, 11) is 0. The molecule has 4 nitrogen and oxygen atoms in total. The Morgan fingerprint density at radius 1 is 0.450 bits per heavy atom. The first-order chi connectivity index (χ1) is 9.66. The van der Waals surface area contributed by atoms with Crippen LogP contribution in [0.25, 0.3) is 0 Å². The van der Waals surface area contributed by atoms with E-state index in [1.807, 2.05) is 52.0 Å². The Hall–Kier alpha value is -2.04. The van der Waals surface area contributed by atoms with Crippen LogP contribution in [0.4, 0.5) is 0 Å². The van der Waals surface area contributed by atoms with Gasteiger partial charge in [-0.3, -0.25) is 0 Å². The van der Waals surface area contributed by atoms with Crippen molar-refractivity contribution in [3.8, 4) is 24.3 Å². The van der Waals surface area contributed by atoms with Crippen molar-refractivity contribution < 1.29 is 0 Å². The normalized spacial score (nSPS) is 6.40. The Balaban J connectivity index is -0.0000000853. The first-order valence-corrected chi connectivity index (χ1v) is 7.14. The van der Waals surface area contributed by atoms with Crippen LogP contribution in [0, 0.1) is 45.3 Å². The predicted molar refractivity (Wildman–Crippen MR) is 82.1 cm³/mol. The van der Waals surface area contributed by atoms with Gasteiger partial charge in [-0.05, 0) is 25.7 Å². The number of hydrogen-bond donors (Lipinski definition) is 0. The third-order valence-corrected chi connectivity index (χ3v) is 1.45. The highest BCUT2D eigenvalue weighted by molar-refractivity contribution is 4.66. The summed E-state index contributed by atoms with van der Waals surface area (Å²) in [6, 6.07) is 8.07. The van der Waals surface area contributed by atoms with E-state index in [-0.39, 0.29) is 0 Å². The molecule has 0 saturated carbocycles. The fourth-order valence-electron chi connectivity index (χ4n) is 0.447. The van der Waals surface area contributed by atoms with Crippen LogP contribution in [0.15, 0.2) is 0 Å². The van der Waals surface area contributed by atoms with Crippen molar-refractivity contribution in [2.24, 2.45) is 0 Å². The van der Waals surface area contributed by atoms with Gasteiger partial charge in [0.05, 0.1) is 24.3 Å². The molecule has 0 bridgehead atoms. The van der Waals surface area contributed by atoms with Crippen molar-refractivity contribution >= 4 is 0 Å². The van der Waals surface area contributed by atoms with Gasteiger partial charge in [-0.25, -0.2) is 0 Å². The topological polar surface area (TPSA) is 95.2 Å². The second-order valence-corrected chi connectivity index (χ2v) is 3.63. The molecule has 0 saturated heterocycles. The molecule has 20 heavy (non-hydrogen) atoms. The van der Waals surface area contributed by atoms with E-state index in [0.717, 1.165) is 25.7 Å². The van der Waals surface area contributed by atoms with Crippen LogP contribution in [0.3, 0.4) is 0 Å². The van der Waals surface area contributed by atoms with Crippen LogP contribution in [0.1, 0.15) is 79.1 Å². The van der Waals surface area contributed by atoms with E-state index in [1.54, 1.807) is 0 Å². The molecule has 0 aromatic rings. The summed E-state index contributed by atoms with van der Waals surface area (Å²) in [4.78, 5) is 0. The molecule has 0 aromatic carbocycles. The quantitative estimate of drug-likeness (QED) is 0.701. The zero-order chi connectivity index (χ0) is 16.5. The van der Waals surface area contributed by atoms with Gasteiger partial charge in [0.2, 0.25) is 0 Å². The molecular formula is C16H28N4. The largest absolute Gasteiger partial charge is 0.198 e. The molecule has 0 unspecified atom stereocenters. The molecule has 0 heterocycles. The Kier molecular flexibility index (Phi) is 57.7. The fraction of sp³-hybridized carbons (Fsp3) is 0.750. The molecule has 0 rings (SSSR count). The molecule has 0 aliphatic carbocycles. The van der Waals surface area contributed by atoms with Crippen molar-refractivity contribution in [1.29, 1.82) is 21.0 Å². The lowest BCUT2D eigenvalue weighted by atomic mass is 10.4. The van der Waals surface area contributed by atoms with E-state index < -0.39 is 0 Å². The average Bonchev–Trinajstić information content (AvgIpc) is 2.44. The maximum Gasteiger partial charge on any atom is 0.0621 e. The van der Waals surface area contributed by atoms with Crippen LogP contribution in [0.5, 0.6) is 0 Å². The Morgan fingerprint density at radius 2 is 0.600 bits per heavy atom. The molecule has 0 radical (unpaired) electrons. The van der Waals surface area contributed by atoms with E-state index in [1.165, 1.54) is 0 Å². The van der Waals surface area contributed by atoms with Crippen molar-refractivity contribution in [2.75, 3.05) is 0 Å². The summed E-state index contributed by atoms with van der Waals surface area (Å²) < 4.78 is 0. The van der Waals surface area contributed by atoms with Crippen molar-refractivity contribution in [1.82, 2.24) is 0 Å². The zero-order valence-electron chi connectivity index (χ0n) is 13.4. The second-order valence-electron chi connectivity index (χ2n) is 3.63. The lowest BCUT2D eigenvalue weighted by Gasteiger charge is -1.65. The van der Waals surface area contributed by atoms with Gasteiger partial charge in [-0.1, -0.05) is 27.7 Å². The summed E-state index contributed by atoms with van der Waals surface area (Å²) in [5.41, 5.74) is 0. The minimum absolute atomic E-state index is 0.694. The van der Waals surface area contributed by atoms with Gasteiger partial charge >= 0.3 is 0 Å². The molecular weight excluding hydrogens is 248 g/mol. The molecule has 0 fully saturated rings. The van der Waals surface area contributed by atoms with Gasteiger partial charge in [0, 0.05) is 25.7 Å². The zero-order valence-corrected chi connectivity index (χ0v) is 13.4. The lowest BCUT2D eigenvalue weighted by Crippen LogP contribution is -1.53. The molecule has 0 N–H and O–H groups in total. The van der Waals surface area contributed by atoms with Gasteiger partial charge in [0.15, 0.2) is 0 Å². The van der Waals surface area contributed by atoms with Gasteiger partial charge in [-0.15, -0.1) is 0 Å². The summed E-state index contributed by atoms with van der Waals surface area (Å²) in [6.45, 7) is 7.96. The summed E-state index contributed by atoms with van der Waals surface area (Å²) in [5, 5.41) is 31.3. The van der Waals surface area contributed by atoms with Crippen molar-refractivity contribution in [3.05, 3.63) is 0 Å². The average molecular weight is 276 g/mol. The molecule has 0 aliphatic heterocycles. The lowest BCUT2D eigenvalue weighted by molar-refractivity contribution is 0.969. The minimum atomic E-state index is 0.694. The van der Waals surface area contributed by atoms with Crippen LogP contribution < -0.4 is 0 Å². The van der Waals surface area contributed by atoms with E-state index in [0.29, 0.717) is 25.7 Å². The highest BCUT2D eigenvalue weighted by Gasteiger charge is 1.66. The monoisotopic (exact) mass is 276 g/mol. The predicted octanol–water partition coefficient (Wildman–Crippen LogP) is 5.24. The molecule has 0 aliphatic rings.